The van der Waals surface area contributed by atoms with Gasteiger partial charge in [-0.15, -0.1) is 0 Å². The smallest absolute Gasteiger partial charge is 0.125 e. The molecular weight excluding hydrogens is 302 g/mol. The molecule has 0 amide bonds. The summed E-state index contributed by atoms with van der Waals surface area (Å²) >= 11 is 3.44. The molecule has 0 spiro atoms. The largest absolute Gasteiger partial charge is 0.496 e. The summed E-state index contributed by atoms with van der Waals surface area (Å²) in [4.78, 5) is 0. The van der Waals surface area contributed by atoms with Gasteiger partial charge in [0.2, 0.25) is 0 Å². The fraction of sp³-hybridized carbons (Fsp3) is 0.250. The number of halogens is 1. The molecule has 0 heterocycles. The van der Waals surface area contributed by atoms with Crippen LogP contribution in [0.25, 0.3) is 0 Å². The molecule has 19 heavy (non-hydrogen) atoms. The fourth-order valence-corrected chi connectivity index (χ4v) is 2.42. The first-order chi connectivity index (χ1) is 9.02. The Hall–Kier alpha value is -1.32. The number of methoxy groups -OCH3 is 1. The number of aryl methyl sites for hydroxylation is 2. The zero-order chi connectivity index (χ0) is 14.0. The summed E-state index contributed by atoms with van der Waals surface area (Å²) in [7, 11) is 1.67. The van der Waals surface area contributed by atoms with Crippen LogP contribution in [-0.4, -0.2) is 7.11 Å². The quantitative estimate of drug-likeness (QED) is 0.923. The summed E-state index contributed by atoms with van der Waals surface area (Å²) in [6.45, 7) is 4.20. The molecule has 0 aliphatic carbocycles. The third kappa shape index (κ3) is 2.99. The van der Waals surface area contributed by atoms with Gasteiger partial charge in [0, 0.05) is 10.0 Å². The molecule has 2 N–H and O–H groups in total. The Bertz CT molecular complexity index is 595. The van der Waals surface area contributed by atoms with Gasteiger partial charge in [-0.25, -0.2) is 0 Å². The Morgan fingerprint density at radius 2 is 1.79 bits per heavy atom. The predicted octanol–water partition coefficient (Wildman–Crippen LogP) is 4.12. The molecule has 0 fully saturated rings. The van der Waals surface area contributed by atoms with E-state index >= 15 is 0 Å². The van der Waals surface area contributed by atoms with Crippen LogP contribution in [-0.2, 0) is 0 Å². The maximum Gasteiger partial charge on any atom is 0.125 e. The van der Waals surface area contributed by atoms with Gasteiger partial charge in [-0.1, -0.05) is 40.2 Å². The highest BCUT2D eigenvalue weighted by Crippen LogP contribution is 2.31. The van der Waals surface area contributed by atoms with Crippen molar-refractivity contribution in [1.82, 2.24) is 0 Å². The molecule has 100 valence electrons. The maximum absolute atomic E-state index is 6.37. The molecule has 3 heteroatoms. The van der Waals surface area contributed by atoms with Gasteiger partial charge in [-0.05, 0) is 42.7 Å². The number of hydrogen-bond donors (Lipinski definition) is 1. The first-order valence-corrected chi connectivity index (χ1v) is 6.98. The monoisotopic (exact) mass is 319 g/mol. The highest BCUT2D eigenvalue weighted by molar-refractivity contribution is 9.10. The van der Waals surface area contributed by atoms with Gasteiger partial charge in [-0.3, -0.25) is 0 Å². The van der Waals surface area contributed by atoms with E-state index in [0.717, 1.165) is 21.3 Å². The van der Waals surface area contributed by atoms with Crippen molar-refractivity contribution in [2.75, 3.05) is 7.11 Å². The van der Waals surface area contributed by atoms with E-state index in [0.29, 0.717) is 0 Å². The van der Waals surface area contributed by atoms with Gasteiger partial charge in [0.25, 0.3) is 0 Å². The van der Waals surface area contributed by atoms with Crippen LogP contribution in [0.4, 0.5) is 0 Å². The van der Waals surface area contributed by atoms with E-state index in [1.54, 1.807) is 7.11 Å². The number of nitrogens with two attached hydrogens (primary N) is 1. The van der Waals surface area contributed by atoms with Gasteiger partial charge >= 0.3 is 0 Å². The maximum atomic E-state index is 6.37. The van der Waals surface area contributed by atoms with Crippen LogP contribution >= 0.6 is 15.9 Å². The lowest BCUT2D eigenvalue weighted by Gasteiger charge is -2.17. The van der Waals surface area contributed by atoms with Crippen LogP contribution < -0.4 is 10.5 Å². The Balaban J connectivity index is 2.43. The van der Waals surface area contributed by atoms with Gasteiger partial charge in [0.15, 0.2) is 0 Å². The normalized spacial score (nSPS) is 12.3. The van der Waals surface area contributed by atoms with Crippen molar-refractivity contribution in [3.8, 4) is 5.75 Å². The van der Waals surface area contributed by atoms with Crippen molar-refractivity contribution < 1.29 is 4.74 Å². The van der Waals surface area contributed by atoms with Crippen molar-refractivity contribution in [2.24, 2.45) is 5.73 Å². The summed E-state index contributed by atoms with van der Waals surface area (Å²) in [5.74, 6) is 0.806. The first kappa shape index (κ1) is 14.1. The summed E-state index contributed by atoms with van der Waals surface area (Å²) in [6.07, 6.45) is 0. The zero-order valence-corrected chi connectivity index (χ0v) is 13.0. The summed E-state index contributed by atoms with van der Waals surface area (Å²) in [5, 5.41) is 0. The van der Waals surface area contributed by atoms with Crippen LogP contribution in [0.2, 0.25) is 0 Å². The lowest BCUT2D eigenvalue weighted by Crippen LogP contribution is -2.13. The van der Waals surface area contributed by atoms with Gasteiger partial charge < -0.3 is 10.5 Å². The number of rotatable bonds is 3. The Labute approximate surface area is 122 Å². The minimum Gasteiger partial charge on any atom is -0.496 e. The second-order valence-corrected chi connectivity index (χ2v) is 5.62. The lowest BCUT2D eigenvalue weighted by molar-refractivity contribution is 0.407. The van der Waals surface area contributed by atoms with E-state index in [1.165, 1.54) is 11.1 Å². The van der Waals surface area contributed by atoms with Crippen LogP contribution in [0.1, 0.15) is 28.3 Å². The van der Waals surface area contributed by atoms with Crippen molar-refractivity contribution in [2.45, 2.75) is 19.9 Å². The molecule has 2 aromatic rings. The van der Waals surface area contributed by atoms with E-state index in [-0.39, 0.29) is 6.04 Å². The Morgan fingerprint density at radius 3 is 2.42 bits per heavy atom. The second-order valence-electron chi connectivity index (χ2n) is 4.71. The summed E-state index contributed by atoms with van der Waals surface area (Å²) < 4.78 is 6.40. The molecule has 1 atom stereocenters. The molecule has 2 nitrogen and oxygen atoms in total. The number of benzene rings is 2. The molecule has 0 aliphatic rings. The summed E-state index contributed by atoms with van der Waals surface area (Å²) in [6, 6.07) is 12.1. The molecule has 2 aromatic carbocycles. The third-order valence-corrected chi connectivity index (χ3v) is 3.91. The summed E-state index contributed by atoms with van der Waals surface area (Å²) in [5.41, 5.74) is 11.0. The van der Waals surface area contributed by atoms with Crippen LogP contribution in [0.5, 0.6) is 5.75 Å². The van der Waals surface area contributed by atoms with E-state index in [9.17, 15) is 0 Å². The highest BCUT2D eigenvalue weighted by atomic mass is 79.9. The van der Waals surface area contributed by atoms with E-state index in [2.05, 4.69) is 48.0 Å². The standard InChI is InChI=1S/C16H18BrNO/c1-10-4-5-12(8-11(10)2)16(18)14-7-6-13(17)9-15(14)19-3/h4-9,16H,18H2,1-3H3. The minimum atomic E-state index is -0.178. The van der Waals surface area contributed by atoms with Crippen molar-refractivity contribution in [1.29, 1.82) is 0 Å². The van der Waals surface area contributed by atoms with E-state index < -0.39 is 0 Å². The van der Waals surface area contributed by atoms with Crippen molar-refractivity contribution in [3.63, 3.8) is 0 Å². The van der Waals surface area contributed by atoms with Gasteiger partial charge in [-0.2, -0.15) is 0 Å². The molecule has 0 saturated carbocycles. The number of hydrogen-bond acceptors (Lipinski definition) is 2. The molecule has 0 aliphatic heterocycles. The Morgan fingerprint density at radius 1 is 1.05 bits per heavy atom. The van der Waals surface area contributed by atoms with Gasteiger partial charge in [0.05, 0.1) is 13.2 Å². The average Bonchev–Trinajstić information content (AvgIpc) is 2.41. The minimum absolute atomic E-state index is 0.178. The van der Waals surface area contributed by atoms with Gasteiger partial charge in [0.1, 0.15) is 5.75 Å². The Kier molecular flexibility index (Phi) is 4.27. The van der Waals surface area contributed by atoms with Crippen LogP contribution in [0.3, 0.4) is 0 Å². The van der Waals surface area contributed by atoms with Crippen LogP contribution in [0.15, 0.2) is 40.9 Å². The topological polar surface area (TPSA) is 35.2 Å². The molecule has 1 unspecified atom stereocenters. The lowest BCUT2D eigenvalue weighted by atomic mass is 9.96. The fourth-order valence-electron chi connectivity index (χ4n) is 2.08. The number of ether oxygens (including phenoxy) is 1. The molecule has 0 saturated heterocycles. The van der Waals surface area contributed by atoms with Crippen LogP contribution in [0, 0.1) is 13.8 Å². The second kappa shape index (κ2) is 5.76. The molecule has 0 bridgehead atoms. The first-order valence-electron chi connectivity index (χ1n) is 6.19. The molecule has 0 aromatic heterocycles. The van der Waals surface area contributed by atoms with E-state index in [4.69, 9.17) is 10.5 Å². The molecular formula is C16H18BrNO. The molecule has 0 radical (unpaired) electrons. The third-order valence-electron chi connectivity index (χ3n) is 3.42. The van der Waals surface area contributed by atoms with Crippen molar-refractivity contribution >= 4 is 15.9 Å². The SMILES string of the molecule is COc1cc(Br)ccc1C(N)c1ccc(C)c(C)c1. The zero-order valence-electron chi connectivity index (χ0n) is 11.4. The molecule has 2 rings (SSSR count). The van der Waals surface area contributed by atoms with Crippen molar-refractivity contribution in [3.05, 3.63) is 63.1 Å². The predicted molar refractivity (Wildman–Crippen MR) is 82.6 cm³/mol. The van der Waals surface area contributed by atoms with E-state index in [1.807, 2.05) is 18.2 Å². The highest BCUT2D eigenvalue weighted by Gasteiger charge is 2.14. The average molecular weight is 320 g/mol.